The second-order valence-corrected chi connectivity index (χ2v) is 9.62. The van der Waals surface area contributed by atoms with Gasteiger partial charge in [0.05, 0.1) is 0 Å². The Morgan fingerprint density at radius 2 is 1.78 bits per heavy atom. The van der Waals surface area contributed by atoms with Gasteiger partial charge >= 0.3 is 0 Å². The van der Waals surface area contributed by atoms with Crippen molar-refractivity contribution in [3.8, 4) is 0 Å². The Bertz CT molecular complexity index is 932. The summed E-state index contributed by atoms with van der Waals surface area (Å²) in [5, 5.41) is 3.82. The summed E-state index contributed by atoms with van der Waals surface area (Å²) >= 11 is 12.4. The molecule has 172 valence electrons. The van der Waals surface area contributed by atoms with Gasteiger partial charge in [0, 0.05) is 17.6 Å². The standard InChI is InChI=1S/C26H32Cl2N2O2/c1-17-11-13-20(14-12-17)25(26(32)29-23-10-6-7-18(2)19(23)3)30(24(31)15-27)16-21-8-4-5-9-22(21)28/h4-5,8-9,11-14,18-19,23,25H,6-7,10,15-16H2,1-3H3,(H,29,32)/t18-,19+,23+,25+/m0/s1. The normalized spacial score (nSPS) is 21.6. The molecule has 0 saturated heterocycles. The van der Waals surface area contributed by atoms with Crippen LogP contribution in [0.25, 0.3) is 0 Å². The quantitative estimate of drug-likeness (QED) is 0.507. The first-order chi connectivity index (χ1) is 15.3. The number of alkyl halides is 1. The van der Waals surface area contributed by atoms with E-state index in [0.717, 1.165) is 29.5 Å². The van der Waals surface area contributed by atoms with E-state index in [1.54, 1.807) is 11.0 Å². The van der Waals surface area contributed by atoms with Crippen LogP contribution in [0.4, 0.5) is 0 Å². The number of carbonyl (C=O) groups is 2. The van der Waals surface area contributed by atoms with Crippen molar-refractivity contribution in [1.82, 2.24) is 10.2 Å². The van der Waals surface area contributed by atoms with Crippen LogP contribution in [0.3, 0.4) is 0 Å². The predicted octanol–water partition coefficient (Wildman–Crippen LogP) is 5.90. The first-order valence-corrected chi connectivity index (χ1v) is 12.2. The van der Waals surface area contributed by atoms with E-state index in [2.05, 4.69) is 19.2 Å². The number of aryl methyl sites for hydroxylation is 1. The van der Waals surface area contributed by atoms with Gasteiger partial charge in [0.1, 0.15) is 11.9 Å². The summed E-state index contributed by atoms with van der Waals surface area (Å²) in [4.78, 5) is 28.2. The molecule has 0 aromatic heterocycles. The second-order valence-electron chi connectivity index (χ2n) is 8.94. The van der Waals surface area contributed by atoms with Gasteiger partial charge in [0.2, 0.25) is 11.8 Å². The Morgan fingerprint density at radius 1 is 1.09 bits per heavy atom. The zero-order valence-electron chi connectivity index (χ0n) is 19.0. The predicted molar refractivity (Wildman–Crippen MR) is 131 cm³/mol. The largest absolute Gasteiger partial charge is 0.351 e. The lowest BCUT2D eigenvalue weighted by atomic mass is 9.78. The van der Waals surface area contributed by atoms with Crippen molar-refractivity contribution in [3.05, 3.63) is 70.2 Å². The molecular formula is C26H32Cl2N2O2. The molecule has 6 heteroatoms. The molecule has 1 aliphatic rings. The molecule has 2 aromatic carbocycles. The van der Waals surface area contributed by atoms with Crippen LogP contribution in [0.15, 0.2) is 48.5 Å². The van der Waals surface area contributed by atoms with Crippen LogP contribution in [0, 0.1) is 18.8 Å². The summed E-state index contributed by atoms with van der Waals surface area (Å²) in [5.74, 6) is 0.238. The summed E-state index contributed by atoms with van der Waals surface area (Å²) in [5.41, 5.74) is 2.62. The molecule has 4 nitrogen and oxygen atoms in total. The van der Waals surface area contributed by atoms with Crippen LogP contribution in [0.1, 0.15) is 55.8 Å². The van der Waals surface area contributed by atoms with Gasteiger partial charge in [-0.1, -0.05) is 86.3 Å². The Hall–Kier alpha value is -2.04. The Balaban J connectivity index is 1.97. The molecule has 4 atom stereocenters. The zero-order valence-corrected chi connectivity index (χ0v) is 20.5. The SMILES string of the molecule is Cc1ccc([C@H](C(=O)N[C@@H]2CCC[C@H](C)[C@H]2C)N(Cc2ccccc2Cl)C(=O)CCl)cc1. The van der Waals surface area contributed by atoms with Crippen LogP contribution in [-0.4, -0.2) is 28.6 Å². The number of carbonyl (C=O) groups excluding carboxylic acids is 2. The third-order valence-electron chi connectivity index (χ3n) is 6.72. The fourth-order valence-corrected chi connectivity index (χ4v) is 4.83. The molecule has 32 heavy (non-hydrogen) atoms. The molecule has 3 rings (SSSR count). The molecule has 1 saturated carbocycles. The Kier molecular flexibility index (Phi) is 8.61. The number of halogens is 2. The average molecular weight is 475 g/mol. The van der Waals surface area contributed by atoms with E-state index in [9.17, 15) is 9.59 Å². The minimum absolute atomic E-state index is 0.0902. The number of nitrogens with one attached hydrogen (secondary N) is 1. The van der Waals surface area contributed by atoms with Gasteiger partial charge in [-0.15, -0.1) is 11.6 Å². The molecular weight excluding hydrogens is 443 g/mol. The average Bonchev–Trinajstić information content (AvgIpc) is 2.78. The number of benzene rings is 2. The van der Waals surface area contributed by atoms with Crippen molar-refractivity contribution in [2.75, 3.05) is 5.88 Å². The summed E-state index contributed by atoms with van der Waals surface area (Å²) in [6.45, 7) is 6.63. The maximum absolute atomic E-state index is 13.7. The first-order valence-electron chi connectivity index (χ1n) is 11.3. The van der Waals surface area contributed by atoms with Gasteiger partial charge in [-0.05, 0) is 42.4 Å². The highest BCUT2D eigenvalue weighted by atomic mass is 35.5. The van der Waals surface area contributed by atoms with Crippen molar-refractivity contribution in [3.63, 3.8) is 0 Å². The van der Waals surface area contributed by atoms with Crippen LogP contribution in [-0.2, 0) is 16.1 Å². The van der Waals surface area contributed by atoms with Gasteiger partial charge < -0.3 is 10.2 Å². The summed E-state index contributed by atoms with van der Waals surface area (Å²) < 4.78 is 0. The summed E-state index contributed by atoms with van der Waals surface area (Å²) in [6, 6.07) is 14.4. The molecule has 0 bridgehead atoms. The van der Waals surface area contributed by atoms with E-state index in [0.29, 0.717) is 16.9 Å². The lowest BCUT2D eigenvalue weighted by Gasteiger charge is -2.37. The van der Waals surface area contributed by atoms with Crippen LogP contribution < -0.4 is 5.32 Å². The minimum atomic E-state index is -0.789. The van der Waals surface area contributed by atoms with Gasteiger partial charge in [-0.3, -0.25) is 9.59 Å². The van der Waals surface area contributed by atoms with Gasteiger partial charge in [0.25, 0.3) is 0 Å². The van der Waals surface area contributed by atoms with E-state index in [-0.39, 0.29) is 30.3 Å². The van der Waals surface area contributed by atoms with Crippen molar-refractivity contribution < 1.29 is 9.59 Å². The molecule has 0 radical (unpaired) electrons. The number of hydrogen-bond donors (Lipinski definition) is 1. The van der Waals surface area contributed by atoms with E-state index in [1.165, 1.54) is 6.42 Å². The van der Waals surface area contributed by atoms with Crippen molar-refractivity contribution in [2.24, 2.45) is 11.8 Å². The minimum Gasteiger partial charge on any atom is -0.351 e. The third kappa shape index (κ3) is 5.85. The van der Waals surface area contributed by atoms with Crippen LogP contribution >= 0.6 is 23.2 Å². The Labute approximate surface area is 201 Å². The molecule has 1 aliphatic carbocycles. The molecule has 0 spiro atoms. The number of rotatable bonds is 7. The fourth-order valence-electron chi connectivity index (χ4n) is 4.48. The van der Waals surface area contributed by atoms with Gasteiger partial charge in [0.15, 0.2) is 0 Å². The molecule has 1 N–H and O–H groups in total. The van der Waals surface area contributed by atoms with E-state index < -0.39 is 6.04 Å². The van der Waals surface area contributed by atoms with Crippen molar-refractivity contribution in [1.29, 1.82) is 0 Å². The number of nitrogens with zero attached hydrogens (tertiary/aromatic N) is 1. The molecule has 0 heterocycles. The topological polar surface area (TPSA) is 49.4 Å². The van der Waals surface area contributed by atoms with Crippen molar-refractivity contribution >= 4 is 35.0 Å². The lowest BCUT2D eigenvalue weighted by molar-refractivity contribution is -0.140. The van der Waals surface area contributed by atoms with Gasteiger partial charge in [-0.25, -0.2) is 0 Å². The summed E-state index contributed by atoms with van der Waals surface area (Å²) in [6.07, 6.45) is 3.22. The maximum atomic E-state index is 13.7. The van der Waals surface area contributed by atoms with E-state index in [4.69, 9.17) is 23.2 Å². The zero-order chi connectivity index (χ0) is 23.3. The Morgan fingerprint density at radius 3 is 2.44 bits per heavy atom. The third-order valence-corrected chi connectivity index (χ3v) is 7.32. The van der Waals surface area contributed by atoms with Crippen LogP contribution in [0.2, 0.25) is 5.02 Å². The molecule has 2 aromatic rings. The maximum Gasteiger partial charge on any atom is 0.247 e. The van der Waals surface area contributed by atoms with E-state index >= 15 is 0 Å². The molecule has 0 unspecified atom stereocenters. The lowest BCUT2D eigenvalue weighted by Crippen LogP contribution is -2.50. The fraction of sp³-hybridized carbons (Fsp3) is 0.462. The van der Waals surface area contributed by atoms with Crippen LogP contribution in [0.5, 0.6) is 0 Å². The monoisotopic (exact) mass is 474 g/mol. The van der Waals surface area contributed by atoms with Gasteiger partial charge in [-0.2, -0.15) is 0 Å². The number of amides is 2. The van der Waals surface area contributed by atoms with E-state index in [1.807, 2.05) is 49.4 Å². The highest BCUT2D eigenvalue weighted by Gasteiger charge is 2.35. The summed E-state index contributed by atoms with van der Waals surface area (Å²) in [7, 11) is 0. The second kappa shape index (κ2) is 11.2. The van der Waals surface area contributed by atoms with Crippen molar-refractivity contribution in [2.45, 2.75) is 58.7 Å². The smallest absolute Gasteiger partial charge is 0.247 e. The highest BCUT2D eigenvalue weighted by molar-refractivity contribution is 6.31. The molecule has 0 aliphatic heterocycles. The highest BCUT2D eigenvalue weighted by Crippen LogP contribution is 2.31. The molecule has 1 fully saturated rings. The number of hydrogen-bond acceptors (Lipinski definition) is 2. The first kappa shape index (κ1) is 24.6. The molecule has 2 amide bonds.